The number of likely N-dealkylation sites (N-methyl/N-ethyl adjacent to an activating group) is 1. The van der Waals surface area contributed by atoms with Crippen molar-refractivity contribution in [3.8, 4) is 0 Å². The molecule has 1 atom stereocenters. The molecule has 0 saturated carbocycles. The summed E-state index contributed by atoms with van der Waals surface area (Å²) in [7, 11) is -4.17. The van der Waals surface area contributed by atoms with Crippen molar-refractivity contribution in [1.29, 1.82) is 0 Å². The Balaban J connectivity index is 1.82. The highest BCUT2D eigenvalue weighted by molar-refractivity contribution is 7.92. The lowest BCUT2D eigenvalue weighted by Crippen LogP contribution is -2.53. The first-order valence-electron chi connectivity index (χ1n) is 14.5. The summed E-state index contributed by atoms with van der Waals surface area (Å²) in [5.41, 5.74) is 4.56. The molecule has 0 heterocycles. The molecule has 44 heavy (non-hydrogen) atoms. The molecular formula is C35H38ClN3O4S. The monoisotopic (exact) mass is 631 g/mol. The molecule has 1 unspecified atom stereocenters. The van der Waals surface area contributed by atoms with Crippen molar-refractivity contribution in [2.45, 2.75) is 51.6 Å². The maximum atomic E-state index is 14.5. The Hall–Kier alpha value is -4.14. The summed E-state index contributed by atoms with van der Waals surface area (Å²) >= 11 is 6.29. The van der Waals surface area contributed by atoms with E-state index in [1.807, 2.05) is 76.2 Å². The Bertz CT molecular complexity index is 1710. The van der Waals surface area contributed by atoms with Crippen LogP contribution in [0.15, 0.2) is 102 Å². The standard InChI is InChI=1S/C35H38ClN3O4S/c1-5-37-35(41)33(22-28-10-7-6-8-11-28)38(23-29-12-9-13-30(36)21-29)34(40)24-39(32-19-16-26(3)20-27(32)4)44(42,43)31-17-14-25(2)15-18-31/h6-21,33H,5,22-24H2,1-4H3,(H,37,41). The number of nitrogens with one attached hydrogen (secondary N) is 1. The number of halogens is 1. The average molecular weight is 632 g/mol. The van der Waals surface area contributed by atoms with Crippen LogP contribution in [0.1, 0.15) is 34.7 Å². The maximum absolute atomic E-state index is 14.5. The molecule has 0 saturated heterocycles. The number of anilines is 1. The number of nitrogens with zero attached hydrogens (tertiary/aromatic N) is 2. The maximum Gasteiger partial charge on any atom is 0.264 e. The van der Waals surface area contributed by atoms with Crippen LogP contribution in [-0.4, -0.2) is 44.3 Å². The molecule has 2 amide bonds. The van der Waals surface area contributed by atoms with E-state index < -0.39 is 28.5 Å². The van der Waals surface area contributed by atoms with Gasteiger partial charge in [-0.25, -0.2) is 8.42 Å². The predicted octanol–water partition coefficient (Wildman–Crippen LogP) is 6.24. The van der Waals surface area contributed by atoms with Gasteiger partial charge in [0.1, 0.15) is 12.6 Å². The lowest BCUT2D eigenvalue weighted by Gasteiger charge is -2.34. The first kappa shape index (κ1) is 32.8. The third-order valence-electron chi connectivity index (χ3n) is 7.37. The fraction of sp³-hybridized carbons (Fsp3) is 0.257. The van der Waals surface area contributed by atoms with E-state index in [1.54, 1.807) is 48.5 Å². The zero-order valence-corrected chi connectivity index (χ0v) is 27.0. The summed E-state index contributed by atoms with van der Waals surface area (Å²) in [6.45, 7) is 7.36. The van der Waals surface area contributed by atoms with Gasteiger partial charge in [-0.15, -0.1) is 0 Å². The van der Waals surface area contributed by atoms with Crippen LogP contribution >= 0.6 is 11.6 Å². The second-order valence-corrected chi connectivity index (χ2v) is 13.2. The van der Waals surface area contributed by atoms with E-state index in [9.17, 15) is 18.0 Å². The Labute approximate surface area is 265 Å². The lowest BCUT2D eigenvalue weighted by molar-refractivity contribution is -0.140. The average Bonchev–Trinajstić information content (AvgIpc) is 2.99. The zero-order chi connectivity index (χ0) is 31.9. The normalized spacial score (nSPS) is 11.9. The third-order valence-corrected chi connectivity index (χ3v) is 9.38. The zero-order valence-electron chi connectivity index (χ0n) is 25.5. The van der Waals surface area contributed by atoms with Gasteiger partial charge in [-0.1, -0.05) is 89.5 Å². The fourth-order valence-electron chi connectivity index (χ4n) is 5.11. The van der Waals surface area contributed by atoms with Gasteiger partial charge in [0.25, 0.3) is 10.0 Å². The first-order valence-corrected chi connectivity index (χ1v) is 16.3. The molecule has 0 fully saturated rings. The molecule has 0 aliphatic heterocycles. The van der Waals surface area contributed by atoms with E-state index in [1.165, 1.54) is 4.90 Å². The van der Waals surface area contributed by atoms with Crippen molar-refractivity contribution < 1.29 is 18.0 Å². The van der Waals surface area contributed by atoms with Gasteiger partial charge < -0.3 is 10.2 Å². The van der Waals surface area contributed by atoms with Crippen molar-refractivity contribution in [3.05, 3.63) is 130 Å². The number of amides is 2. The van der Waals surface area contributed by atoms with Gasteiger partial charge in [0.15, 0.2) is 0 Å². The van der Waals surface area contributed by atoms with Crippen molar-refractivity contribution >= 4 is 39.1 Å². The Morgan fingerprint density at radius 3 is 2.11 bits per heavy atom. The van der Waals surface area contributed by atoms with Gasteiger partial charge >= 0.3 is 0 Å². The number of rotatable bonds is 12. The highest BCUT2D eigenvalue weighted by atomic mass is 35.5. The van der Waals surface area contributed by atoms with Crippen molar-refractivity contribution in [2.75, 3.05) is 17.4 Å². The quantitative estimate of drug-likeness (QED) is 0.201. The van der Waals surface area contributed by atoms with Crippen LogP contribution in [0, 0.1) is 20.8 Å². The molecule has 0 spiro atoms. The van der Waals surface area contributed by atoms with E-state index >= 15 is 0 Å². The second kappa shape index (κ2) is 14.6. The molecule has 0 bridgehead atoms. The van der Waals surface area contributed by atoms with Crippen LogP contribution < -0.4 is 9.62 Å². The summed E-state index contributed by atoms with van der Waals surface area (Å²) in [4.78, 5) is 29.6. The molecule has 0 aromatic heterocycles. The minimum atomic E-state index is -4.17. The van der Waals surface area contributed by atoms with Gasteiger partial charge in [0, 0.05) is 24.5 Å². The minimum absolute atomic E-state index is 0.0549. The Morgan fingerprint density at radius 1 is 0.818 bits per heavy atom. The molecule has 0 radical (unpaired) electrons. The summed E-state index contributed by atoms with van der Waals surface area (Å²) in [6, 6.07) is 27.6. The minimum Gasteiger partial charge on any atom is -0.355 e. The molecule has 1 N–H and O–H groups in total. The summed E-state index contributed by atoms with van der Waals surface area (Å²) < 4.78 is 29.5. The van der Waals surface area contributed by atoms with Crippen LogP contribution in [0.2, 0.25) is 5.02 Å². The number of carbonyl (C=O) groups is 2. The van der Waals surface area contributed by atoms with E-state index in [0.29, 0.717) is 28.4 Å². The van der Waals surface area contributed by atoms with Crippen LogP contribution in [0.4, 0.5) is 5.69 Å². The third kappa shape index (κ3) is 8.07. The van der Waals surface area contributed by atoms with Gasteiger partial charge in [-0.05, 0) is 74.7 Å². The summed E-state index contributed by atoms with van der Waals surface area (Å²) in [5.74, 6) is -0.848. The Kier molecular flexibility index (Phi) is 10.8. The number of benzene rings is 4. The van der Waals surface area contributed by atoms with Gasteiger partial charge in [0.05, 0.1) is 10.6 Å². The molecule has 230 valence electrons. The molecule has 0 aliphatic rings. The largest absolute Gasteiger partial charge is 0.355 e. The molecule has 4 aromatic rings. The summed E-state index contributed by atoms with van der Waals surface area (Å²) in [6.07, 6.45) is 0.243. The Morgan fingerprint density at radius 2 is 1.48 bits per heavy atom. The number of aryl methyl sites for hydroxylation is 3. The molecule has 7 nitrogen and oxygen atoms in total. The number of carbonyl (C=O) groups excluding carboxylic acids is 2. The first-order chi connectivity index (χ1) is 21.0. The predicted molar refractivity (Wildman–Crippen MR) is 176 cm³/mol. The van der Waals surface area contributed by atoms with Crippen LogP contribution in [-0.2, 0) is 32.6 Å². The van der Waals surface area contributed by atoms with Crippen molar-refractivity contribution in [2.24, 2.45) is 0 Å². The van der Waals surface area contributed by atoms with E-state index in [4.69, 9.17) is 11.6 Å². The highest BCUT2D eigenvalue weighted by Gasteiger charge is 2.35. The van der Waals surface area contributed by atoms with Crippen LogP contribution in [0.3, 0.4) is 0 Å². The molecule has 0 aliphatic carbocycles. The SMILES string of the molecule is CCNC(=O)C(Cc1ccccc1)N(Cc1cccc(Cl)c1)C(=O)CN(c1ccc(C)cc1C)S(=O)(=O)c1ccc(C)cc1. The topological polar surface area (TPSA) is 86.8 Å². The smallest absolute Gasteiger partial charge is 0.264 e. The number of hydrogen-bond acceptors (Lipinski definition) is 4. The van der Waals surface area contributed by atoms with Crippen molar-refractivity contribution in [1.82, 2.24) is 10.2 Å². The molecule has 9 heteroatoms. The van der Waals surface area contributed by atoms with Gasteiger partial charge in [-0.2, -0.15) is 0 Å². The number of sulfonamides is 1. The molecular weight excluding hydrogens is 594 g/mol. The molecule has 4 rings (SSSR count). The van der Waals surface area contributed by atoms with Crippen molar-refractivity contribution in [3.63, 3.8) is 0 Å². The highest BCUT2D eigenvalue weighted by Crippen LogP contribution is 2.29. The van der Waals surface area contributed by atoms with Gasteiger partial charge in [-0.3, -0.25) is 13.9 Å². The number of hydrogen-bond donors (Lipinski definition) is 1. The lowest BCUT2D eigenvalue weighted by atomic mass is 10.0. The van der Waals surface area contributed by atoms with E-state index in [-0.39, 0.29) is 23.8 Å². The molecule has 4 aromatic carbocycles. The summed E-state index contributed by atoms with van der Waals surface area (Å²) in [5, 5.41) is 3.36. The fourth-order valence-corrected chi connectivity index (χ4v) is 6.81. The van der Waals surface area contributed by atoms with Crippen LogP contribution in [0.5, 0.6) is 0 Å². The van der Waals surface area contributed by atoms with E-state index in [0.717, 1.165) is 21.0 Å². The second-order valence-electron chi connectivity index (χ2n) is 10.9. The van der Waals surface area contributed by atoms with Crippen LogP contribution in [0.25, 0.3) is 0 Å². The van der Waals surface area contributed by atoms with E-state index in [2.05, 4.69) is 5.32 Å². The van der Waals surface area contributed by atoms with Gasteiger partial charge in [0.2, 0.25) is 11.8 Å².